The number of nitro benzene ring substituents is 1. The summed E-state index contributed by atoms with van der Waals surface area (Å²) in [4.78, 5) is 21.6. The Labute approximate surface area is 105 Å². The average Bonchev–Trinajstić information content (AvgIpc) is 2.38. The third-order valence-corrected chi connectivity index (χ3v) is 2.37. The van der Waals surface area contributed by atoms with Crippen LogP contribution in [-0.4, -0.2) is 17.4 Å². The Hall–Kier alpha value is -2.35. The second-order valence-electron chi connectivity index (χ2n) is 3.72. The standard InChI is InChI=1S/C13H14N2O3/c1-2-3-4-5-10-14-13(16)11-6-8-12(9-7-11)15(17)18/h1,6-9H,3-5,10H2,(H,14,16). The van der Waals surface area contributed by atoms with Gasteiger partial charge in [0.2, 0.25) is 0 Å². The normalized spacial score (nSPS) is 9.50. The van der Waals surface area contributed by atoms with Crippen LogP contribution < -0.4 is 5.32 Å². The fourth-order valence-electron chi connectivity index (χ4n) is 1.39. The van der Waals surface area contributed by atoms with Crippen molar-refractivity contribution in [1.82, 2.24) is 5.32 Å². The molecule has 0 fully saturated rings. The van der Waals surface area contributed by atoms with Crippen LogP contribution in [0.3, 0.4) is 0 Å². The Bertz CT molecular complexity index is 460. The maximum Gasteiger partial charge on any atom is 0.269 e. The van der Waals surface area contributed by atoms with Gasteiger partial charge in [-0.25, -0.2) is 0 Å². The highest BCUT2D eigenvalue weighted by atomic mass is 16.6. The first kappa shape index (κ1) is 13.7. The minimum atomic E-state index is -0.499. The molecule has 0 saturated heterocycles. The van der Waals surface area contributed by atoms with E-state index < -0.39 is 4.92 Å². The van der Waals surface area contributed by atoms with Crippen LogP contribution in [0, 0.1) is 22.5 Å². The van der Waals surface area contributed by atoms with Crippen molar-refractivity contribution in [3.63, 3.8) is 0 Å². The summed E-state index contributed by atoms with van der Waals surface area (Å²) in [5.41, 5.74) is 0.387. The van der Waals surface area contributed by atoms with Crippen molar-refractivity contribution in [2.75, 3.05) is 6.54 Å². The molecule has 0 aliphatic heterocycles. The van der Waals surface area contributed by atoms with E-state index in [0.717, 1.165) is 12.8 Å². The summed E-state index contributed by atoms with van der Waals surface area (Å²) in [5, 5.41) is 13.2. The number of non-ortho nitro benzene ring substituents is 1. The molecule has 5 heteroatoms. The van der Waals surface area contributed by atoms with Crippen LogP contribution in [0.2, 0.25) is 0 Å². The van der Waals surface area contributed by atoms with Gasteiger partial charge in [-0.3, -0.25) is 14.9 Å². The number of hydrogen-bond acceptors (Lipinski definition) is 3. The molecule has 0 aromatic heterocycles. The zero-order chi connectivity index (χ0) is 13.4. The van der Waals surface area contributed by atoms with E-state index in [-0.39, 0.29) is 11.6 Å². The molecule has 94 valence electrons. The molecule has 0 spiro atoms. The molecule has 0 saturated carbocycles. The SMILES string of the molecule is C#CCCCCNC(=O)c1ccc([N+](=O)[O-])cc1. The van der Waals surface area contributed by atoms with Crippen molar-refractivity contribution < 1.29 is 9.72 Å². The van der Waals surface area contributed by atoms with E-state index in [1.807, 2.05) is 0 Å². The Balaban J connectivity index is 2.42. The molecule has 0 aliphatic rings. The third-order valence-electron chi connectivity index (χ3n) is 2.37. The van der Waals surface area contributed by atoms with Gasteiger partial charge in [0, 0.05) is 30.7 Å². The molecule has 1 rings (SSSR count). The number of amides is 1. The van der Waals surface area contributed by atoms with Crippen molar-refractivity contribution in [3.05, 3.63) is 39.9 Å². The van der Waals surface area contributed by atoms with Gasteiger partial charge in [0.05, 0.1) is 4.92 Å². The van der Waals surface area contributed by atoms with Gasteiger partial charge in [0.15, 0.2) is 0 Å². The predicted molar refractivity (Wildman–Crippen MR) is 68.1 cm³/mol. The molecule has 1 aromatic carbocycles. The summed E-state index contributed by atoms with van der Waals surface area (Å²) in [6.45, 7) is 0.553. The van der Waals surface area contributed by atoms with Crippen LogP contribution in [0.15, 0.2) is 24.3 Å². The Morgan fingerprint density at radius 1 is 1.33 bits per heavy atom. The highest BCUT2D eigenvalue weighted by molar-refractivity contribution is 5.94. The van der Waals surface area contributed by atoms with E-state index in [1.165, 1.54) is 24.3 Å². The van der Waals surface area contributed by atoms with Gasteiger partial charge in [0.25, 0.3) is 11.6 Å². The van der Waals surface area contributed by atoms with Crippen molar-refractivity contribution in [2.24, 2.45) is 0 Å². The summed E-state index contributed by atoms with van der Waals surface area (Å²) in [7, 11) is 0. The quantitative estimate of drug-likeness (QED) is 0.361. The molecule has 1 aromatic rings. The second-order valence-corrected chi connectivity index (χ2v) is 3.72. The van der Waals surface area contributed by atoms with Crippen LogP contribution in [0.1, 0.15) is 29.6 Å². The van der Waals surface area contributed by atoms with Gasteiger partial charge >= 0.3 is 0 Å². The molecule has 0 heterocycles. The molecule has 0 atom stereocenters. The number of carbonyl (C=O) groups excluding carboxylic acids is 1. The number of nitrogens with zero attached hydrogens (tertiary/aromatic N) is 1. The van der Waals surface area contributed by atoms with E-state index in [9.17, 15) is 14.9 Å². The first-order valence-electron chi connectivity index (χ1n) is 5.61. The first-order chi connectivity index (χ1) is 8.65. The summed E-state index contributed by atoms with van der Waals surface area (Å²) in [5.74, 6) is 2.30. The van der Waals surface area contributed by atoms with Gasteiger partial charge in [-0.2, -0.15) is 0 Å². The fourth-order valence-corrected chi connectivity index (χ4v) is 1.39. The van der Waals surface area contributed by atoms with Crippen molar-refractivity contribution in [3.8, 4) is 12.3 Å². The lowest BCUT2D eigenvalue weighted by Gasteiger charge is -2.04. The minimum Gasteiger partial charge on any atom is -0.352 e. The Morgan fingerprint density at radius 3 is 2.56 bits per heavy atom. The number of hydrogen-bond donors (Lipinski definition) is 1. The lowest BCUT2D eigenvalue weighted by Crippen LogP contribution is -2.24. The number of carbonyl (C=O) groups is 1. The smallest absolute Gasteiger partial charge is 0.269 e. The van der Waals surface area contributed by atoms with E-state index in [1.54, 1.807) is 0 Å². The minimum absolute atomic E-state index is 0.0272. The van der Waals surface area contributed by atoms with Crippen LogP contribution >= 0.6 is 0 Å². The summed E-state index contributed by atoms with van der Waals surface area (Å²) < 4.78 is 0. The van der Waals surface area contributed by atoms with E-state index in [2.05, 4.69) is 11.2 Å². The monoisotopic (exact) mass is 246 g/mol. The summed E-state index contributed by atoms with van der Waals surface area (Å²) in [6, 6.07) is 5.50. The molecule has 0 radical (unpaired) electrons. The van der Waals surface area contributed by atoms with Crippen LogP contribution in [0.4, 0.5) is 5.69 Å². The number of terminal acetylenes is 1. The van der Waals surface area contributed by atoms with E-state index in [4.69, 9.17) is 6.42 Å². The largest absolute Gasteiger partial charge is 0.352 e. The highest BCUT2D eigenvalue weighted by Crippen LogP contribution is 2.11. The highest BCUT2D eigenvalue weighted by Gasteiger charge is 2.08. The third kappa shape index (κ3) is 4.26. The van der Waals surface area contributed by atoms with Gasteiger partial charge in [-0.15, -0.1) is 12.3 Å². The maximum absolute atomic E-state index is 11.6. The average molecular weight is 246 g/mol. The molecule has 0 aliphatic carbocycles. The molecule has 0 unspecified atom stereocenters. The second kappa shape index (κ2) is 7.07. The number of nitrogens with one attached hydrogen (secondary N) is 1. The van der Waals surface area contributed by atoms with Gasteiger partial charge in [-0.05, 0) is 25.0 Å². The van der Waals surface area contributed by atoms with Gasteiger partial charge in [-0.1, -0.05) is 0 Å². The number of benzene rings is 1. The summed E-state index contributed by atoms with van der Waals surface area (Å²) >= 11 is 0. The first-order valence-corrected chi connectivity index (χ1v) is 5.61. The van der Waals surface area contributed by atoms with E-state index in [0.29, 0.717) is 18.5 Å². The molecule has 18 heavy (non-hydrogen) atoms. The van der Waals surface area contributed by atoms with E-state index >= 15 is 0 Å². The fraction of sp³-hybridized carbons (Fsp3) is 0.308. The molecule has 0 bridgehead atoms. The van der Waals surface area contributed by atoms with Crippen molar-refractivity contribution >= 4 is 11.6 Å². The van der Waals surface area contributed by atoms with Crippen molar-refractivity contribution in [2.45, 2.75) is 19.3 Å². The van der Waals surface area contributed by atoms with Crippen molar-refractivity contribution in [1.29, 1.82) is 0 Å². The number of nitro groups is 1. The Morgan fingerprint density at radius 2 is 2.00 bits per heavy atom. The van der Waals surface area contributed by atoms with Crippen LogP contribution in [-0.2, 0) is 0 Å². The molecular weight excluding hydrogens is 232 g/mol. The van der Waals surface area contributed by atoms with Crippen LogP contribution in [0.25, 0.3) is 0 Å². The Kier molecular flexibility index (Phi) is 5.39. The maximum atomic E-state index is 11.6. The molecule has 1 amide bonds. The zero-order valence-electron chi connectivity index (χ0n) is 9.89. The molecular formula is C13H14N2O3. The topological polar surface area (TPSA) is 72.2 Å². The zero-order valence-corrected chi connectivity index (χ0v) is 9.89. The predicted octanol–water partition coefficient (Wildman–Crippen LogP) is 2.13. The summed E-state index contributed by atoms with van der Waals surface area (Å²) in [6.07, 6.45) is 7.50. The molecule has 5 nitrogen and oxygen atoms in total. The number of rotatable bonds is 6. The lowest BCUT2D eigenvalue weighted by molar-refractivity contribution is -0.384. The lowest BCUT2D eigenvalue weighted by atomic mass is 10.2. The van der Waals surface area contributed by atoms with Gasteiger partial charge < -0.3 is 5.32 Å². The number of unbranched alkanes of at least 4 members (excludes halogenated alkanes) is 2. The van der Waals surface area contributed by atoms with Gasteiger partial charge in [0.1, 0.15) is 0 Å². The molecule has 1 N–H and O–H groups in total. The van der Waals surface area contributed by atoms with Crippen LogP contribution in [0.5, 0.6) is 0 Å².